The molecule has 1 fully saturated rings. The van der Waals surface area contributed by atoms with E-state index in [0.717, 1.165) is 11.1 Å². The van der Waals surface area contributed by atoms with Crippen LogP contribution in [0.2, 0.25) is 0 Å². The van der Waals surface area contributed by atoms with Gasteiger partial charge < -0.3 is 14.8 Å². The van der Waals surface area contributed by atoms with Gasteiger partial charge in [-0.05, 0) is 62.6 Å². The van der Waals surface area contributed by atoms with Crippen molar-refractivity contribution in [3.63, 3.8) is 0 Å². The van der Waals surface area contributed by atoms with Crippen LogP contribution in [0.5, 0.6) is 11.5 Å². The molecule has 1 aromatic heterocycles. The summed E-state index contributed by atoms with van der Waals surface area (Å²) in [4.78, 5) is 13.0. The van der Waals surface area contributed by atoms with Gasteiger partial charge in [0.1, 0.15) is 11.6 Å². The number of hydrogen-bond donors (Lipinski definition) is 1. The lowest BCUT2D eigenvalue weighted by Gasteiger charge is -2.23. The number of benzene rings is 2. The van der Waals surface area contributed by atoms with E-state index in [0.29, 0.717) is 36.4 Å². The number of fused-ring (bicyclic) bond motifs is 2. The number of nitrogens with zero attached hydrogens (tertiary/aromatic N) is 4. The number of sulfonamides is 1. The van der Waals surface area contributed by atoms with Crippen LogP contribution in [-0.2, 0) is 21.4 Å². The van der Waals surface area contributed by atoms with E-state index in [4.69, 9.17) is 9.47 Å². The second-order valence-electron chi connectivity index (χ2n) is 8.46. The number of hydrogen-bond acceptors (Lipinski definition) is 7. The van der Waals surface area contributed by atoms with Gasteiger partial charge in [0.05, 0.1) is 10.4 Å². The van der Waals surface area contributed by atoms with Crippen molar-refractivity contribution < 1.29 is 22.7 Å². The van der Waals surface area contributed by atoms with Crippen molar-refractivity contribution in [2.75, 3.05) is 13.3 Å². The van der Waals surface area contributed by atoms with Crippen LogP contribution in [-0.4, -0.2) is 53.0 Å². The molecule has 0 radical (unpaired) electrons. The first-order chi connectivity index (χ1) is 15.8. The zero-order valence-corrected chi connectivity index (χ0v) is 19.2. The van der Waals surface area contributed by atoms with Gasteiger partial charge in [0.25, 0.3) is 0 Å². The molecule has 2 aliphatic rings. The van der Waals surface area contributed by atoms with Crippen molar-refractivity contribution >= 4 is 27.0 Å². The summed E-state index contributed by atoms with van der Waals surface area (Å²) in [5.41, 5.74) is 2.12. The lowest BCUT2D eigenvalue weighted by atomic mass is 10.2. The summed E-state index contributed by atoms with van der Waals surface area (Å²) in [5.74, 6) is 0.987. The monoisotopic (exact) mass is 471 g/mol. The van der Waals surface area contributed by atoms with Crippen LogP contribution in [0.4, 0.5) is 0 Å². The minimum Gasteiger partial charge on any atom is -0.454 e. The van der Waals surface area contributed by atoms with E-state index >= 15 is 0 Å². The third kappa shape index (κ3) is 3.91. The van der Waals surface area contributed by atoms with Crippen molar-refractivity contribution in [1.29, 1.82) is 0 Å². The first kappa shape index (κ1) is 21.7. The van der Waals surface area contributed by atoms with Gasteiger partial charge >= 0.3 is 0 Å². The number of carbonyl (C=O) groups excluding carboxylic acids is 1. The molecular weight excluding hydrogens is 446 g/mol. The first-order valence-electron chi connectivity index (χ1n) is 10.9. The Morgan fingerprint density at radius 2 is 2.00 bits per heavy atom. The van der Waals surface area contributed by atoms with Crippen LogP contribution in [0, 0.1) is 0 Å². The third-order valence-electron chi connectivity index (χ3n) is 5.95. The summed E-state index contributed by atoms with van der Waals surface area (Å²) in [5, 5.41) is 11.1. The van der Waals surface area contributed by atoms with E-state index < -0.39 is 16.1 Å². The molecule has 10 nitrogen and oxygen atoms in total. The summed E-state index contributed by atoms with van der Waals surface area (Å²) in [6.07, 6.45) is 1.09. The number of rotatable bonds is 6. The molecular formula is C22H25N5O5S. The quantitative estimate of drug-likeness (QED) is 0.586. The van der Waals surface area contributed by atoms with Crippen LogP contribution in [0.15, 0.2) is 41.3 Å². The van der Waals surface area contributed by atoms with Gasteiger partial charge in [-0.3, -0.25) is 4.79 Å². The number of amides is 1. The maximum atomic E-state index is 13.4. The van der Waals surface area contributed by atoms with E-state index in [1.165, 1.54) is 10.4 Å². The highest BCUT2D eigenvalue weighted by molar-refractivity contribution is 7.89. The molecule has 1 N–H and O–H groups in total. The fourth-order valence-electron chi connectivity index (χ4n) is 4.25. The fraction of sp³-hybridized carbons (Fsp3) is 0.409. The van der Waals surface area contributed by atoms with Gasteiger partial charge in [0.15, 0.2) is 11.5 Å². The first-order valence-corrected chi connectivity index (χ1v) is 12.3. The highest BCUT2D eigenvalue weighted by Gasteiger charge is 2.39. The zero-order chi connectivity index (χ0) is 23.2. The minimum absolute atomic E-state index is 0.105. The number of aromatic nitrogens is 3. The van der Waals surface area contributed by atoms with E-state index in [2.05, 4.69) is 15.6 Å². The predicted molar refractivity (Wildman–Crippen MR) is 119 cm³/mol. The average Bonchev–Trinajstić information content (AvgIpc) is 3.55. The topological polar surface area (TPSA) is 116 Å². The number of carbonyl (C=O) groups is 1. The second-order valence-corrected chi connectivity index (χ2v) is 10.3. The fourth-order valence-corrected chi connectivity index (χ4v) is 5.92. The van der Waals surface area contributed by atoms with Crippen LogP contribution < -0.4 is 14.8 Å². The van der Waals surface area contributed by atoms with Gasteiger partial charge in [-0.25, -0.2) is 13.1 Å². The molecule has 1 atom stereocenters. The SMILES string of the molecule is CC(C)n1nnc2cc(S(=O)(=O)N3CCCC3C(=O)NCc3ccc4c(c3)OCO4)ccc21. The Bertz CT molecular complexity index is 1320. The molecule has 2 aromatic carbocycles. The van der Waals surface area contributed by atoms with Crippen molar-refractivity contribution in [3.8, 4) is 11.5 Å². The Morgan fingerprint density at radius 1 is 1.18 bits per heavy atom. The molecule has 0 bridgehead atoms. The Kier molecular flexibility index (Phi) is 5.45. The van der Waals surface area contributed by atoms with E-state index in [1.807, 2.05) is 26.0 Å². The Hall–Kier alpha value is -3.18. The summed E-state index contributed by atoms with van der Waals surface area (Å²) in [7, 11) is -3.87. The standard InChI is InChI=1S/C22H25N5O5S/c1-14(2)27-18-7-6-16(11-17(18)24-25-27)33(29,30)26-9-3-4-19(26)22(28)23-12-15-5-8-20-21(10-15)32-13-31-20/h5-8,10-11,14,19H,3-4,9,12-13H2,1-2H3,(H,23,28). The van der Waals surface area contributed by atoms with Crippen LogP contribution in [0.1, 0.15) is 38.3 Å². The molecule has 0 aliphatic carbocycles. The van der Waals surface area contributed by atoms with Crippen molar-refractivity contribution in [2.45, 2.75) is 50.2 Å². The maximum absolute atomic E-state index is 13.4. The predicted octanol–water partition coefficient (Wildman–Crippen LogP) is 2.21. The van der Waals surface area contributed by atoms with Crippen LogP contribution in [0.25, 0.3) is 11.0 Å². The molecule has 5 rings (SSSR count). The van der Waals surface area contributed by atoms with Gasteiger partial charge in [0, 0.05) is 19.1 Å². The van der Waals surface area contributed by atoms with Gasteiger partial charge in [-0.2, -0.15) is 4.31 Å². The molecule has 1 unspecified atom stereocenters. The molecule has 11 heteroatoms. The highest BCUT2D eigenvalue weighted by Crippen LogP contribution is 2.33. The van der Waals surface area contributed by atoms with Crippen LogP contribution >= 0.6 is 0 Å². The molecule has 33 heavy (non-hydrogen) atoms. The Morgan fingerprint density at radius 3 is 2.82 bits per heavy atom. The molecule has 174 valence electrons. The maximum Gasteiger partial charge on any atom is 0.243 e. The lowest BCUT2D eigenvalue weighted by molar-refractivity contribution is -0.124. The molecule has 1 saturated heterocycles. The van der Waals surface area contributed by atoms with Crippen molar-refractivity contribution in [1.82, 2.24) is 24.6 Å². The smallest absolute Gasteiger partial charge is 0.243 e. The van der Waals surface area contributed by atoms with Crippen molar-refractivity contribution in [3.05, 3.63) is 42.0 Å². The van der Waals surface area contributed by atoms with Crippen molar-refractivity contribution in [2.24, 2.45) is 0 Å². The largest absolute Gasteiger partial charge is 0.454 e. The number of ether oxygens (including phenoxy) is 2. The van der Waals surface area contributed by atoms with E-state index in [1.54, 1.807) is 22.9 Å². The normalized spacial score (nSPS) is 18.3. The van der Waals surface area contributed by atoms with Gasteiger partial charge in [0.2, 0.25) is 22.7 Å². The molecule has 2 aliphatic heterocycles. The van der Waals surface area contributed by atoms with Crippen LogP contribution in [0.3, 0.4) is 0 Å². The molecule has 3 aromatic rings. The molecule has 0 saturated carbocycles. The van der Waals surface area contributed by atoms with E-state index in [9.17, 15) is 13.2 Å². The number of nitrogens with one attached hydrogen (secondary N) is 1. The summed E-state index contributed by atoms with van der Waals surface area (Å²) in [6, 6.07) is 9.59. The lowest BCUT2D eigenvalue weighted by Crippen LogP contribution is -2.45. The average molecular weight is 472 g/mol. The van der Waals surface area contributed by atoms with Gasteiger partial charge in [-0.15, -0.1) is 5.10 Å². The third-order valence-corrected chi connectivity index (χ3v) is 7.85. The summed E-state index contributed by atoms with van der Waals surface area (Å²) in [6.45, 7) is 4.70. The summed E-state index contributed by atoms with van der Waals surface area (Å²) >= 11 is 0. The zero-order valence-electron chi connectivity index (χ0n) is 18.4. The van der Waals surface area contributed by atoms with Gasteiger partial charge in [-0.1, -0.05) is 11.3 Å². The Labute approximate surface area is 191 Å². The highest BCUT2D eigenvalue weighted by atomic mass is 32.2. The van der Waals surface area contributed by atoms with E-state index in [-0.39, 0.29) is 30.2 Å². The Balaban J connectivity index is 1.32. The minimum atomic E-state index is -3.87. The second kappa shape index (κ2) is 8.31. The molecule has 3 heterocycles. The molecule has 1 amide bonds. The molecule has 0 spiro atoms. The summed E-state index contributed by atoms with van der Waals surface area (Å²) < 4.78 is 40.5.